The highest BCUT2D eigenvalue weighted by Gasteiger charge is 2.52. The number of nitrogens with zero attached hydrogens (tertiary/aromatic N) is 1. The zero-order valence-electron chi connectivity index (χ0n) is 35.2. The molecule has 0 spiro atoms. The van der Waals surface area contributed by atoms with E-state index in [1.54, 1.807) is 0 Å². The molecule has 1 aromatic heterocycles. The SMILES string of the molecule is Fc1c(F)c(F)c([B-](c2c(F)c(F)c(F)c(F)c2F)(c2c(F)c(F)c(F)c(F)c2F)c2c(F)c(F)c(F)c(F)c2F)c(F)c1F.c1ccc(C[n+]2ccc(-c3c4ccccc4cc4ccccc34)cc2)cc1. The Morgan fingerprint density at radius 2 is 0.556 bits per heavy atom. The fourth-order valence-electron chi connectivity index (χ4n) is 8.72. The van der Waals surface area contributed by atoms with Crippen LogP contribution in [0.5, 0.6) is 0 Å². The zero-order chi connectivity index (χ0) is 52.4. The molecule has 22 heteroatoms. The Morgan fingerprint density at radius 1 is 0.292 bits per heavy atom. The van der Waals surface area contributed by atoms with Crippen LogP contribution in [-0.4, -0.2) is 6.15 Å². The van der Waals surface area contributed by atoms with Crippen LogP contribution < -0.4 is 26.4 Å². The minimum absolute atomic E-state index is 0.886. The van der Waals surface area contributed by atoms with E-state index < -0.39 is 144 Å². The van der Waals surface area contributed by atoms with Crippen molar-refractivity contribution < 1.29 is 92.4 Å². The Labute approximate surface area is 390 Å². The Hall–Kier alpha value is -7.91. The summed E-state index contributed by atoms with van der Waals surface area (Å²) < 4.78 is 296. The molecule has 0 N–H and O–H groups in total. The van der Waals surface area contributed by atoms with Crippen molar-refractivity contribution in [3.63, 3.8) is 0 Å². The van der Waals surface area contributed by atoms with E-state index in [0.717, 1.165) is 6.54 Å². The summed E-state index contributed by atoms with van der Waals surface area (Å²) >= 11 is 0. The largest absolute Gasteiger partial charge is 0.207 e. The average Bonchev–Trinajstić information content (AvgIpc) is 3.38. The summed E-state index contributed by atoms with van der Waals surface area (Å²) in [6.45, 7) is 0.886. The lowest BCUT2D eigenvalue weighted by molar-refractivity contribution is -0.688. The first-order valence-corrected chi connectivity index (χ1v) is 20.3. The first kappa shape index (κ1) is 50.5. The number of hydrogen-bond acceptors (Lipinski definition) is 0. The van der Waals surface area contributed by atoms with Crippen molar-refractivity contribution in [3.8, 4) is 11.1 Å². The molecule has 0 saturated heterocycles. The molecule has 72 heavy (non-hydrogen) atoms. The molecule has 0 amide bonds. The maximum atomic E-state index is 15.4. The van der Waals surface area contributed by atoms with E-state index in [0.29, 0.717) is 0 Å². The van der Waals surface area contributed by atoms with Crippen molar-refractivity contribution in [2.75, 3.05) is 0 Å². The predicted molar refractivity (Wildman–Crippen MR) is 222 cm³/mol. The van der Waals surface area contributed by atoms with Crippen molar-refractivity contribution in [2.24, 2.45) is 0 Å². The molecule has 8 aromatic carbocycles. The molecule has 0 saturated carbocycles. The number of halogens is 20. The third kappa shape index (κ3) is 7.83. The van der Waals surface area contributed by atoms with Gasteiger partial charge in [-0.05, 0) is 38.7 Å². The van der Waals surface area contributed by atoms with Gasteiger partial charge in [0.25, 0.3) is 0 Å². The summed E-state index contributed by atoms with van der Waals surface area (Å²) in [5.41, 5.74) is -10.4. The summed E-state index contributed by atoms with van der Waals surface area (Å²) in [4.78, 5) is 0. The monoisotopic (exact) mass is 1030 g/mol. The number of hydrogen-bond donors (Lipinski definition) is 0. The smallest absolute Gasteiger partial charge is 0.200 e. The summed E-state index contributed by atoms with van der Waals surface area (Å²) in [6, 6.07) is 34.6. The highest BCUT2D eigenvalue weighted by molar-refractivity contribution is 7.20. The van der Waals surface area contributed by atoms with Crippen molar-refractivity contribution in [3.05, 3.63) is 231 Å². The van der Waals surface area contributed by atoms with Gasteiger partial charge in [-0.15, -0.1) is 21.9 Å². The lowest BCUT2D eigenvalue weighted by Gasteiger charge is -2.44. The summed E-state index contributed by atoms with van der Waals surface area (Å²) in [6.07, 6.45) is -2.86. The number of rotatable bonds is 7. The van der Waals surface area contributed by atoms with Crippen LogP contribution in [0, 0.1) is 116 Å². The van der Waals surface area contributed by atoms with Gasteiger partial charge in [0, 0.05) is 17.7 Å². The molecule has 1 heterocycles. The highest BCUT2D eigenvalue weighted by Crippen LogP contribution is 2.36. The number of aromatic nitrogens is 1. The van der Waals surface area contributed by atoms with E-state index in [9.17, 15) is 52.7 Å². The fourth-order valence-corrected chi connectivity index (χ4v) is 8.72. The molecule has 0 aliphatic rings. The quantitative estimate of drug-likeness (QED) is 0.0374. The Morgan fingerprint density at radius 3 is 0.861 bits per heavy atom. The van der Waals surface area contributed by atoms with Gasteiger partial charge in [-0.2, -0.15) is 0 Å². The van der Waals surface area contributed by atoms with Gasteiger partial charge in [-0.1, -0.05) is 78.9 Å². The first-order valence-electron chi connectivity index (χ1n) is 20.3. The standard InChI is InChI=1S/C26H20N.C24BF20/c1-2-8-20(9-3-1)19-27-16-14-21(15-17-27)26-24-12-6-4-10-22(24)18-23-11-5-7-13-25(23)26;26-5-1(6(27)14(35)21(42)13(5)34)25(2-7(28)15(36)22(43)16(37)8(2)29,3-9(30)17(38)23(44)18(39)10(3)31)4-11(32)19(40)24(45)20(41)12(4)33/h1-18H,19H2;/q+1;-1. The van der Waals surface area contributed by atoms with Crippen LogP contribution in [0.4, 0.5) is 87.8 Å². The Bertz CT molecular complexity index is 3230. The molecule has 0 aliphatic heterocycles. The van der Waals surface area contributed by atoms with Gasteiger partial charge >= 0.3 is 0 Å². The van der Waals surface area contributed by atoms with Gasteiger partial charge in [0.1, 0.15) is 52.7 Å². The van der Waals surface area contributed by atoms with E-state index in [-0.39, 0.29) is 0 Å². The highest BCUT2D eigenvalue weighted by atomic mass is 19.2. The van der Waals surface area contributed by atoms with Crippen molar-refractivity contribution >= 4 is 49.5 Å². The zero-order valence-corrected chi connectivity index (χ0v) is 35.2. The van der Waals surface area contributed by atoms with E-state index in [1.165, 1.54) is 38.2 Å². The average molecular weight is 1030 g/mol. The van der Waals surface area contributed by atoms with E-state index in [1.807, 2.05) is 0 Å². The number of benzene rings is 8. The van der Waals surface area contributed by atoms with Gasteiger partial charge in [0.2, 0.25) is 0 Å². The van der Waals surface area contributed by atoms with Crippen molar-refractivity contribution in [1.82, 2.24) is 0 Å². The van der Waals surface area contributed by atoms with E-state index in [4.69, 9.17) is 0 Å². The minimum atomic E-state index is -7.22. The van der Waals surface area contributed by atoms with Gasteiger partial charge < -0.3 is 0 Å². The topological polar surface area (TPSA) is 3.88 Å². The van der Waals surface area contributed by atoms with Crippen LogP contribution in [0.2, 0.25) is 0 Å². The van der Waals surface area contributed by atoms with Crippen molar-refractivity contribution in [2.45, 2.75) is 6.54 Å². The van der Waals surface area contributed by atoms with Gasteiger partial charge in [-0.3, -0.25) is 0 Å². The predicted octanol–water partition coefficient (Wildman–Crippen LogP) is 11.8. The second-order valence-corrected chi connectivity index (χ2v) is 15.7. The third-order valence-corrected chi connectivity index (χ3v) is 11.9. The second-order valence-electron chi connectivity index (χ2n) is 15.7. The molecule has 9 aromatic rings. The lowest BCUT2D eigenvalue weighted by atomic mass is 9.12. The Kier molecular flexibility index (Phi) is 13.3. The summed E-state index contributed by atoms with van der Waals surface area (Å²) in [7, 11) is 0. The third-order valence-electron chi connectivity index (χ3n) is 11.9. The molecule has 0 atom stereocenters. The molecule has 1 nitrogen and oxygen atoms in total. The first-order chi connectivity index (χ1) is 34.1. The maximum Gasteiger partial charge on any atom is 0.200 e. The van der Waals surface area contributed by atoms with Crippen LogP contribution >= 0.6 is 0 Å². The van der Waals surface area contributed by atoms with Crippen LogP contribution in [0.25, 0.3) is 32.7 Å². The van der Waals surface area contributed by atoms with Crippen LogP contribution in [0.15, 0.2) is 109 Å². The van der Waals surface area contributed by atoms with Gasteiger partial charge in [0.05, 0.1) is 0 Å². The molecule has 0 unspecified atom stereocenters. The normalized spacial score (nSPS) is 11.7. The molecule has 0 fully saturated rings. The van der Waals surface area contributed by atoms with Crippen LogP contribution in [0.3, 0.4) is 0 Å². The van der Waals surface area contributed by atoms with Gasteiger partial charge in [-0.25, -0.2) is 92.4 Å². The fraction of sp³-hybridized carbons (Fsp3) is 0.0200. The lowest BCUT2D eigenvalue weighted by Crippen LogP contribution is -2.81. The second kappa shape index (κ2) is 19.0. The molecule has 0 aliphatic carbocycles. The molecular weight excluding hydrogens is 1010 g/mol. The van der Waals surface area contributed by atoms with E-state index >= 15 is 35.1 Å². The van der Waals surface area contributed by atoms with E-state index in [2.05, 4.69) is 114 Å². The summed E-state index contributed by atoms with van der Waals surface area (Å²) in [5.74, 6) is -71.4. The maximum absolute atomic E-state index is 15.4. The molecule has 9 rings (SSSR count). The molecular formula is C50H20BF20N. The van der Waals surface area contributed by atoms with Crippen molar-refractivity contribution in [1.29, 1.82) is 0 Å². The van der Waals surface area contributed by atoms with Gasteiger partial charge in [0.15, 0.2) is 88.7 Å². The molecule has 368 valence electrons. The Balaban J connectivity index is 0.000000217. The number of fused-ring (bicyclic) bond motifs is 2. The minimum Gasteiger partial charge on any atom is -0.207 e. The number of pyridine rings is 1. The summed E-state index contributed by atoms with van der Waals surface area (Å²) in [5, 5.41) is 5.17. The van der Waals surface area contributed by atoms with Crippen LogP contribution in [0.1, 0.15) is 5.56 Å². The molecule has 0 radical (unpaired) electrons. The molecule has 0 bridgehead atoms. The van der Waals surface area contributed by atoms with Crippen LogP contribution in [-0.2, 0) is 6.54 Å².